The van der Waals surface area contributed by atoms with Gasteiger partial charge in [-0.25, -0.2) is 14.9 Å². The largest absolute Gasteiger partial charge is 0.289 e. The summed E-state index contributed by atoms with van der Waals surface area (Å²) in [5, 5.41) is 10.7. The topological polar surface area (TPSA) is 62.2 Å². The number of amides is 1. The zero-order valence-electron chi connectivity index (χ0n) is 16.2. The molecule has 1 aromatic heterocycles. The molecule has 0 saturated heterocycles. The van der Waals surface area contributed by atoms with E-state index in [1.807, 2.05) is 11.5 Å². The lowest BCUT2D eigenvalue weighted by Gasteiger charge is -2.29. The highest BCUT2D eigenvalue weighted by atomic mass is 32.1. The lowest BCUT2D eigenvalue weighted by atomic mass is 9.75. The van der Waals surface area contributed by atoms with E-state index in [1.54, 1.807) is 24.3 Å². The number of nitrogens with zero attached hydrogens (tertiary/aromatic N) is 1. The van der Waals surface area contributed by atoms with Gasteiger partial charge >= 0.3 is 0 Å². The number of rotatable bonds is 4. The van der Waals surface area contributed by atoms with E-state index in [4.69, 9.17) is 4.98 Å². The van der Waals surface area contributed by atoms with Crippen LogP contribution in [0.3, 0.4) is 0 Å². The van der Waals surface area contributed by atoms with Crippen molar-refractivity contribution in [2.24, 2.45) is 0 Å². The fourth-order valence-electron chi connectivity index (χ4n) is 4.85. The molecule has 2 aromatic carbocycles. The minimum Gasteiger partial charge on any atom is -0.289 e. The van der Waals surface area contributed by atoms with Crippen LogP contribution in [-0.4, -0.2) is 16.1 Å². The van der Waals surface area contributed by atoms with Gasteiger partial charge in [0.1, 0.15) is 5.82 Å². The van der Waals surface area contributed by atoms with Crippen LogP contribution in [-0.2, 0) is 10.2 Å². The van der Waals surface area contributed by atoms with Crippen molar-refractivity contribution in [1.29, 1.82) is 0 Å². The van der Waals surface area contributed by atoms with Gasteiger partial charge in [0.25, 0.3) is 5.91 Å². The molecule has 2 fully saturated rings. The Balaban J connectivity index is 1.51. The predicted octanol–water partition coefficient (Wildman–Crippen LogP) is 5.33. The summed E-state index contributed by atoms with van der Waals surface area (Å²) in [4.78, 5) is 17.5. The molecule has 1 heterocycles. The molecule has 0 spiro atoms. The van der Waals surface area contributed by atoms with Gasteiger partial charge in [-0.05, 0) is 79.8 Å². The molecule has 0 bridgehead atoms. The van der Waals surface area contributed by atoms with Gasteiger partial charge < -0.3 is 0 Å². The summed E-state index contributed by atoms with van der Waals surface area (Å²) in [5.41, 5.74) is 4.29. The Morgan fingerprint density at radius 2 is 2.07 bits per heavy atom. The minimum atomic E-state index is -0.923. The highest BCUT2D eigenvalue weighted by molar-refractivity contribution is 7.18. The number of nitrogens with one attached hydrogen (secondary N) is 1. The zero-order chi connectivity index (χ0) is 20.2. The number of fused-ring (bicyclic) bond motifs is 1. The van der Waals surface area contributed by atoms with Gasteiger partial charge in [-0.1, -0.05) is 18.2 Å². The number of carbonyl (C=O) groups excluding carboxylic acids is 1. The number of carbonyl (C=O) groups is 1. The minimum absolute atomic E-state index is 0.172. The molecule has 2 aliphatic rings. The maximum Gasteiger partial charge on any atom is 0.254 e. The van der Waals surface area contributed by atoms with Crippen molar-refractivity contribution in [3.63, 3.8) is 0 Å². The van der Waals surface area contributed by atoms with Crippen LogP contribution in [0.15, 0.2) is 36.4 Å². The SMILES string of the molecule is Cc1c(F)cccc1[C@]1(C(=O)NO)CC[C@H](c2ccc3nc(C4CC4)sc3c2)C1. The molecule has 2 atom stereocenters. The first-order valence-electron chi connectivity index (χ1n) is 10.1. The second kappa shape index (κ2) is 6.89. The highest BCUT2D eigenvalue weighted by Gasteiger charge is 2.48. The van der Waals surface area contributed by atoms with E-state index in [0.717, 1.165) is 11.9 Å². The molecule has 0 aliphatic heterocycles. The molecule has 0 radical (unpaired) electrons. The van der Waals surface area contributed by atoms with Crippen molar-refractivity contribution in [2.75, 3.05) is 0 Å². The molecule has 4 nitrogen and oxygen atoms in total. The molecule has 6 heteroatoms. The number of hydrogen-bond acceptors (Lipinski definition) is 4. The quantitative estimate of drug-likeness (QED) is 0.451. The average molecular weight is 411 g/mol. The van der Waals surface area contributed by atoms with Crippen molar-refractivity contribution in [1.82, 2.24) is 10.5 Å². The van der Waals surface area contributed by atoms with Crippen LogP contribution in [0.2, 0.25) is 0 Å². The third-order valence-electron chi connectivity index (χ3n) is 6.66. The molecule has 5 rings (SSSR count). The van der Waals surface area contributed by atoms with Gasteiger partial charge in [-0.3, -0.25) is 10.0 Å². The molecular formula is C23H23FN2O2S. The van der Waals surface area contributed by atoms with Crippen molar-refractivity contribution in [3.05, 3.63) is 63.9 Å². The van der Waals surface area contributed by atoms with E-state index < -0.39 is 11.3 Å². The van der Waals surface area contributed by atoms with E-state index >= 15 is 0 Å². The van der Waals surface area contributed by atoms with Gasteiger partial charge in [0.2, 0.25) is 0 Å². The van der Waals surface area contributed by atoms with Crippen LogP contribution in [0.1, 0.15) is 65.6 Å². The fraction of sp³-hybridized carbons (Fsp3) is 0.391. The van der Waals surface area contributed by atoms with Crippen LogP contribution < -0.4 is 5.48 Å². The maximum atomic E-state index is 14.2. The van der Waals surface area contributed by atoms with Crippen molar-refractivity contribution in [3.8, 4) is 0 Å². The van der Waals surface area contributed by atoms with Gasteiger partial charge in [0.15, 0.2) is 0 Å². The summed E-state index contributed by atoms with van der Waals surface area (Å²) in [6.45, 7) is 1.70. The van der Waals surface area contributed by atoms with Crippen LogP contribution in [0.25, 0.3) is 10.2 Å². The van der Waals surface area contributed by atoms with Crippen molar-refractivity contribution >= 4 is 27.5 Å². The molecular weight excluding hydrogens is 387 g/mol. The van der Waals surface area contributed by atoms with Crippen molar-refractivity contribution in [2.45, 2.75) is 56.3 Å². The molecule has 2 N–H and O–H groups in total. The number of thiazole rings is 1. The first-order chi connectivity index (χ1) is 14.0. The number of hydroxylamine groups is 1. The lowest BCUT2D eigenvalue weighted by molar-refractivity contribution is -0.135. The normalized spacial score (nSPS) is 24.2. The third-order valence-corrected chi connectivity index (χ3v) is 7.84. The molecule has 2 aliphatic carbocycles. The van der Waals surface area contributed by atoms with Gasteiger partial charge in [-0.2, -0.15) is 0 Å². The Kier molecular flexibility index (Phi) is 4.44. The van der Waals surface area contributed by atoms with Gasteiger partial charge in [0.05, 0.1) is 20.6 Å². The predicted molar refractivity (Wildman–Crippen MR) is 111 cm³/mol. The zero-order valence-corrected chi connectivity index (χ0v) is 17.1. The lowest BCUT2D eigenvalue weighted by Crippen LogP contribution is -2.42. The Morgan fingerprint density at radius 3 is 2.83 bits per heavy atom. The molecule has 29 heavy (non-hydrogen) atoms. The Bertz CT molecular complexity index is 1110. The summed E-state index contributed by atoms with van der Waals surface area (Å²) in [6, 6.07) is 11.2. The van der Waals surface area contributed by atoms with Crippen molar-refractivity contribution < 1.29 is 14.4 Å². The molecule has 0 unspecified atom stereocenters. The van der Waals surface area contributed by atoms with E-state index in [1.165, 1.54) is 34.2 Å². The van der Waals surface area contributed by atoms with E-state index in [9.17, 15) is 14.4 Å². The first kappa shape index (κ1) is 18.7. The second-order valence-electron chi connectivity index (χ2n) is 8.43. The van der Waals surface area contributed by atoms with Crippen LogP contribution >= 0.6 is 11.3 Å². The number of hydrogen-bond donors (Lipinski definition) is 2. The highest BCUT2D eigenvalue weighted by Crippen LogP contribution is 2.50. The fourth-order valence-corrected chi connectivity index (χ4v) is 6.04. The summed E-state index contributed by atoms with van der Waals surface area (Å²) in [6.07, 6.45) is 4.40. The molecule has 1 amide bonds. The summed E-state index contributed by atoms with van der Waals surface area (Å²) in [7, 11) is 0. The Morgan fingerprint density at radius 1 is 1.24 bits per heavy atom. The second-order valence-corrected chi connectivity index (χ2v) is 9.49. The Hall–Kier alpha value is -2.31. The van der Waals surface area contributed by atoms with E-state index in [-0.39, 0.29) is 11.7 Å². The van der Waals surface area contributed by atoms with Crippen LogP contribution in [0.5, 0.6) is 0 Å². The smallest absolute Gasteiger partial charge is 0.254 e. The third kappa shape index (κ3) is 3.06. The summed E-state index contributed by atoms with van der Waals surface area (Å²) >= 11 is 1.77. The van der Waals surface area contributed by atoms with E-state index in [2.05, 4.69) is 18.2 Å². The van der Waals surface area contributed by atoms with Gasteiger partial charge in [-0.15, -0.1) is 11.3 Å². The summed E-state index contributed by atoms with van der Waals surface area (Å²) < 4.78 is 15.4. The monoisotopic (exact) mass is 410 g/mol. The maximum absolute atomic E-state index is 14.2. The number of benzene rings is 2. The number of halogens is 1. The summed E-state index contributed by atoms with van der Waals surface area (Å²) in [5.74, 6) is 0.0309. The van der Waals surface area contributed by atoms with Crippen LogP contribution in [0, 0.1) is 12.7 Å². The Labute approximate surface area is 172 Å². The molecule has 3 aromatic rings. The van der Waals surface area contributed by atoms with Gasteiger partial charge in [0, 0.05) is 5.92 Å². The van der Waals surface area contributed by atoms with E-state index in [0.29, 0.717) is 29.9 Å². The average Bonchev–Trinajstić information content (AvgIpc) is 3.34. The number of aromatic nitrogens is 1. The van der Waals surface area contributed by atoms with Crippen LogP contribution in [0.4, 0.5) is 4.39 Å². The first-order valence-corrected chi connectivity index (χ1v) is 10.9. The molecule has 150 valence electrons. The molecule has 2 saturated carbocycles. The standard InChI is InChI=1S/C23H23FN2O2S/c1-13-17(3-2-4-18(13)24)23(22(27)26-28)10-9-16(12-23)15-7-8-19-20(11-15)29-21(25-19)14-5-6-14/h2-4,7-8,11,14,16,28H,5-6,9-10,12H2,1H3,(H,26,27)/t16-,23-/m0/s1.